The van der Waals surface area contributed by atoms with Crippen LogP contribution in [0.3, 0.4) is 0 Å². The van der Waals surface area contributed by atoms with Crippen molar-refractivity contribution in [2.24, 2.45) is 0 Å². The van der Waals surface area contributed by atoms with Gasteiger partial charge in [-0.25, -0.2) is 9.59 Å². The molecule has 0 aliphatic rings. The first-order chi connectivity index (χ1) is 12.4. The number of carbonyl (C=O) groups is 3. The summed E-state index contributed by atoms with van der Waals surface area (Å²) in [5.74, 6) is -1.33. The molecule has 1 aromatic carbocycles. The van der Waals surface area contributed by atoms with Crippen LogP contribution in [0, 0.1) is 6.92 Å². The molecule has 7 heteroatoms. The molecule has 0 aliphatic carbocycles. The van der Waals surface area contributed by atoms with Crippen LogP contribution in [0.5, 0.6) is 0 Å². The molecule has 0 spiro atoms. The second-order valence-corrected chi connectivity index (χ2v) is 6.51. The van der Waals surface area contributed by atoms with Crippen LogP contribution in [0.25, 0.3) is 11.6 Å². The summed E-state index contributed by atoms with van der Waals surface area (Å²) in [4.78, 5) is 36.5. The number of hydrogen-bond donors (Lipinski definition) is 2. The van der Waals surface area contributed by atoms with Crippen LogP contribution in [-0.2, 0) is 14.3 Å². The maximum atomic E-state index is 12.6. The summed E-state index contributed by atoms with van der Waals surface area (Å²) in [5, 5.41) is 6.20. The number of amides is 3. The van der Waals surface area contributed by atoms with Gasteiger partial charge < -0.3 is 10.1 Å². The molecule has 0 bridgehead atoms. The fraction of sp³-hybridized carbons (Fsp3) is 0.211. The van der Waals surface area contributed by atoms with E-state index < -0.39 is 24.0 Å². The summed E-state index contributed by atoms with van der Waals surface area (Å²) in [5.41, 5.74) is 2.27. The van der Waals surface area contributed by atoms with Crippen molar-refractivity contribution in [3.63, 3.8) is 0 Å². The Morgan fingerprint density at radius 1 is 1.19 bits per heavy atom. The van der Waals surface area contributed by atoms with Crippen LogP contribution in [0.1, 0.15) is 22.9 Å². The minimum atomic E-state index is -1.11. The first kappa shape index (κ1) is 19.4. The third kappa shape index (κ3) is 5.29. The van der Waals surface area contributed by atoms with E-state index in [1.54, 1.807) is 6.08 Å². The number of rotatable bonds is 5. The van der Waals surface area contributed by atoms with Gasteiger partial charge in [0.05, 0.1) is 5.57 Å². The molecule has 0 unspecified atom stereocenters. The van der Waals surface area contributed by atoms with Gasteiger partial charge in [-0.2, -0.15) is 0 Å². The van der Waals surface area contributed by atoms with Crippen LogP contribution in [0.2, 0.25) is 0 Å². The lowest BCUT2D eigenvalue weighted by Crippen LogP contribution is -2.43. The molecule has 2 rings (SSSR count). The third-order valence-corrected chi connectivity index (χ3v) is 4.38. The lowest BCUT2D eigenvalue weighted by atomic mass is 10.1. The van der Waals surface area contributed by atoms with Crippen molar-refractivity contribution >= 4 is 40.9 Å². The average molecular weight is 372 g/mol. The highest BCUT2D eigenvalue weighted by atomic mass is 32.1. The van der Waals surface area contributed by atoms with Gasteiger partial charge in [0, 0.05) is 11.9 Å². The molecule has 0 aliphatic heterocycles. The van der Waals surface area contributed by atoms with Crippen LogP contribution in [-0.4, -0.2) is 31.1 Å². The standard InChI is InChI=1S/C19H20N2O4S/c1-12-6-4-7-14(10-12)11-15(16-8-5-9-26-16)18(23)25-13(2)17(22)21-19(24)20-3/h4-11,13H,1-3H3,(H2,20,21,22,24)/b15-11+/t13-/m1/s1. The lowest BCUT2D eigenvalue weighted by molar-refractivity contribution is -0.148. The molecule has 0 fully saturated rings. The molecule has 2 N–H and O–H groups in total. The number of aryl methyl sites for hydroxylation is 1. The van der Waals surface area contributed by atoms with E-state index in [0.29, 0.717) is 5.57 Å². The van der Waals surface area contributed by atoms with E-state index in [0.717, 1.165) is 16.0 Å². The van der Waals surface area contributed by atoms with Crippen molar-refractivity contribution in [2.75, 3.05) is 7.05 Å². The monoisotopic (exact) mass is 372 g/mol. The van der Waals surface area contributed by atoms with Gasteiger partial charge in [0.2, 0.25) is 0 Å². The van der Waals surface area contributed by atoms with E-state index in [1.165, 1.54) is 25.3 Å². The zero-order valence-electron chi connectivity index (χ0n) is 14.7. The molecular weight excluding hydrogens is 352 g/mol. The van der Waals surface area contributed by atoms with E-state index in [-0.39, 0.29) is 0 Å². The lowest BCUT2D eigenvalue weighted by Gasteiger charge is -2.14. The van der Waals surface area contributed by atoms with Gasteiger partial charge in [0.1, 0.15) is 0 Å². The molecule has 136 valence electrons. The van der Waals surface area contributed by atoms with Gasteiger partial charge in [-0.1, -0.05) is 35.9 Å². The Hall–Kier alpha value is -2.93. The van der Waals surface area contributed by atoms with E-state index in [2.05, 4.69) is 10.6 Å². The molecule has 2 aromatic rings. The SMILES string of the molecule is CNC(=O)NC(=O)[C@@H](C)OC(=O)/C(=C/c1cccc(C)c1)c1cccs1. The van der Waals surface area contributed by atoms with Crippen LogP contribution < -0.4 is 10.6 Å². The normalized spacial score (nSPS) is 12.2. The molecule has 1 heterocycles. The number of imide groups is 1. The topological polar surface area (TPSA) is 84.5 Å². The number of ether oxygens (including phenoxy) is 1. The molecule has 1 aromatic heterocycles. The molecule has 0 radical (unpaired) electrons. The Kier molecular flexibility index (Phi) is 6.68. The summed E-state index contributed by atoms with van der Waals surface area (Å²) in [6.07, 6.45) is 0.616. The summed E-state index contributed by atoms with van der Waals surface area (Å²) in [6, 6.07) is 10.7. The van der Waals surface area contributed by atoms with Gasteiger partial charge in [-0.05, 0) is 36.9 Å². The number of nitrogens with one attached hydrogen (secondary N) is 2. The van der Waals surface area contributed by atoms with Crippen molar-refractivity contribution < 1.29 is 19.1 Å². The van der Waals surface area contributed by atoms with E-state index in [4.69, 9.17) is 4.74 Å². The minimum Gasteiger partial charge on any atom is -0.449 e. The Balaban J connectivity index is 2.22. The fourth-order valence-electron chi connectivity index (χ4n) is 2.14. The van der Waals surface area contributed by atoms with Crippen molar-refractivity contribution in [3.8, 4) is 0 Å². The number of thiophene rings is 1. The Morgan fingerprint density at radius 2 is 1.96 bits per heavy atom. The first-order valence-corrected chi connectivity index (χ1v) is 8.84. The van der Waals surface area contributed by atoms with Crippen molar-refractivity contribution in [3.05, 3.63) is 57.8 Å². The molecule has 0 saturated carbocycles. The highest BCUT2D eigenvalue weighted by Crippen LogP contribution is 2.25. The third-order valence-electron chi connectivity index (χ3n) is 3.48. The fourth-order valence-corrected chi connectivity index (χ4v) is 2.87. The minimum absolute atomic E-state index is 0.352. The zero-order chi connectivity index (χ0) is 19.1. The van der Waals surface area contributed by atoms with E-state index in [1.807, 2.05) is 48.7 Å². The Morgan fingerprint density at radius 3 is 2.58 bits per heavy atom. The largest absolute Gasteiger partial charge is 0.449 e. The summed E-state index contributed by atoms with van der Waals surface area (Å²) < 4.78 is 5.25. The maximum absolute atomic E-state index is 12.6. The average Bonchev–Trinajstić information content (AvgIpc) is 3.13. The van der Waals surface area contributed by atoms with Crippen molar-refractivity contribution in [1.82, 2.24) is 10.6 Å². The molecule has 1 atom stereocenters. The highest BCUT2D eigenvalue weighted by Gasteiger charge is 2.23. The number of hydrogen-bond acceptors (Lipinski definition) is 5. The summed E-state index contributed by atoms with van der Waals surface area (Å²) in [7, 11) is 1.39. The van der Waals surface area contributed by atoms with E-state index in [9.17, 15) is 14.4 Å². The van der Waals surface area contributed by atoms with Gasteiger partial charge in [0.15, 0.2) is 6.10 Å². The number of benzene rings is 1. The van der Waals surface area contributed by atoms with Gasteiger partial charge >= 0.3 is 12.0 Å². The summed E-state index contributed by atoms with van der Waals surface area (Å²) in [6.45, 7) is 3.38. The molecule has 0 saturated heterocycles. The molecule has 6 nitrogen and oxygen atoms in total. The number of urea groups is 1. The molecular formula is C19H20N2O4S. The second kappa shape index (κ2) is 8.96. The van der Waals surface area contributed by atoms with Crippen molar-refractivity contribution in [2.45, 2.75) is 20.0 Å². The molecule has 26 heavy (non-hydrogen) atoms. The quantitative estimate of drug-likeness (QED) is 0.624. The van der Waals surface area contributed by atoms with Gasteiger partial charge in [0.25, 0.3) is 5.91 Å². The highest BCUT2D eigenvalue weighted by molar-refractivity contribution is 7.11. The number of esters is 1. The first-order valence-electron chi connectivity index (χ1n) is 7.96. The zero-order valence-corrected chi connectivity index (χ0v) is 15.6. The van der Waals surface area contributed by atoms with Gasteiger partial charge in [-0.3, -0.25) is 10.1 Å². The van der Waals surface area contributed by atoms with Crippen molar-refractivity contribution in [1.29, 1.82) is 0 Å². The second-order valence-electron chi connectivity index (χ2n) is 5.57. The summed E-state index contributed by atoms with van der Waals surface area (Å²) >= 11 is 1.40. The van der Waals surface area contributed by atoms with Crippen LogP contribution in [0.4, 0.5) is 4.79 Å². The van der Waals surface area contributed by atoms with Gasteiger partial charge in [-0.15, -0.1) is 11.3 Å². The number of carbonyl (C=O) groups excluding carboxylic acids is 3. The predicted molar refractivity (Wildman–Crippen MR) is 102 cm³/mol. The Labute approximate surface area is 155 Å². The maximum Gasteiger partial charge on any atom is 0.340 e. The smallest absolute Gasteiger partial charge is 0.340 e. The molecule has 3 amide bonds. The van der Waals surface area contributed by atoms with E-state index >= 15 is 0 Å². The van der Waals surface area contributed by atoms with Crippen LogP contribution in [0.15, 0.2) is 41.8 Å². The van der Waals surface area contributed by atoms with Crippen LogP contribution >= 0.6 is 11.3 Å². The predicted octanol–water partition coefficient (Wildman–Crippen LogP) is 2.98. The Bertz CT molecular complexity index is 828.